The summed E-state index contributed by atoms with van der Waals surface area (Å²) in [6.07, 6.45) is 2.36. The van der Waals surface area contributed by atoms with Gasteiger partial charge in [0.2, 0.25) is 0 Å². The molecule has 1 amide bonds. The molecule has 0 radical (unpaired) electrons. The number of nitrogens with two attached hydrogens (primary N) is 1. The van der Waals surface area contributed by atoms with Gasteiger partial charge in [-0.15, -0.1) is 0 Å². The zero-order chi connectivity index (χ0) is 15.1. The van der Waals surface area contributed by atoms with E-state index in [1.807, 2.05) is 30.3 Å². The summed E-state index contributed by atoms with van der Waals surface area (Å²) < 4.78 is 5.17. The van der Waals surface area contributed by atoms with Crippen molar-refractivity contribution >= 4 is 5.91 Å². The first kappa shape index (κ1) is 15.0. The van der Waals surface area contributed by atoms with Gasteiger partial charge in [0.15, 0.2) is 0 Å². The van der Waals surface area contributed by atoms with Gasteiger partial charge < -0.3 is 15.8 Å². The summed E-state index contributed by atoms with van der Waals surface area (Å²) in [5.41, 5.74) is 7.91. The number of hydrogen-bond donors (Lipinski definition) is 2. The largest absolute Gasteiger partial charge is 0.497 e. The SMILES string of the molecule is COc1cccc(CCNC(=O)c2ccc(CN)cn2)c1. The van der Waals surface area contributed by atoms with Gasteiger partial charge in [0, 0.05) is 19.3 Å². The van der Waals surface area contributed by atoms with Gasteiger partial charge in [0.25, 0.3) is 5.91 Å². The van der Waals surface area contributed by atoms with Crippen LogP contribution in [0.1, 0.15) is 21.6 Å². The number of carbonyl (C=O) groups is 1. The third-order valence-corrected chi connectivity index (χ3v) is 3.13. The quantitative estimate of drug-likeness (QED) is 0.843. The number of ether oxygens (including phenoxy) is 1. The third kappa shape index (κ3) is 4.29. The number of amides is 1. The fourth-order valence-corrected chi connectivity index (χ4v) is 1.92. The zero-order valence-electron chi connectivity index (χ0n) is 12.0. The van der Waals surface area contributed by atoms with Gasteiger partial charge in [-0.05, 0) is 35.7 Å². The highest BCUT2D eigenvalue weighted by Crippen LogP contribution is 2.12. The lowest BCUT2D eigenvalue weighted by atomic mass is 10.1. The van der Waals surface area contributed by atoms with E-state index in [1.54, 1.807) is 19.4 Å². The molecule has 0 saturated carbocycles. The lowest BCUT2D eigenvalue weighted by Gasteiger charge is -2.06. The van der Waals surface area contributed by atoms with Gasteiger partial charge in [0.05, 0.1) is 7.11 Å². The number of aromatic nitrogens is 1. The van der Waals surface area contributed by atoms with Gasteiger partial charge >= 0.3 is 0 Å². The first-order valence-corrected chi connectivity index (χ1v) is 6.79. The van der Waals surface area contributed by atoms with Crippen molar-refractivity contribution in [3.8, 4) is 5.75 Å². The number of nitrogens with one attached hydrogen (secondary N) is 1. The maximum atomic E-state index is 11.9. The minimum Gasteiger partial charge on any atom is -0.497 e. The Hall–Kier alpha value is -2.40. The van der Waals surface area contributed by atoms with Crippen molar-refractivity contribution in [2.75, 3.05) is 13.7 Å². The molecule has 0 fully saturated rings. The molecule has 0 bridgehead atoms. The van der Waals surface area contributed by atoms with Crippen molar-refractivity contribution in [3.05, 3.63) is 59.4 Å². The van der Waals surface area contributed by atoms with Crippen LogP contribution in [0.25, 0.3) is 0 Å². The molecule has 0 aliphatic carbocycles. The average molecular weight is 285 g/mol. The highest BCUT2D eigenvalue weighted by molar-refractivity contribution is 5.92. The minimum absolute atomic E-state index is 0.179. The Bertz CT molecular complexity index is 597. The molecule has 0 saturated heterocycles. The molecule has 1 heterocycles. The van der Waals surface area contributed by atoms with Crippen LogP contribution < -0.4 is 15.8 Å². The van der Waals surface area contributed by atoms with Crippen LogP contribution in [0.2, 0.25) is 0 Å². The van der Waals surface area contributed by atoms with Crippen molar-refractivity contribution in [2.45, 2.75) is 13.0 Å². The van der Waals surface area contributed by atoms with E-state index in [2.05, 4.69) is 10.3 Å². The highest BCUT2D eigenvalue weighted by Gasteiger charge is 2.06. The third-order valence-electron chi connectivity index (χ3n) is 3.13. The van der Waals surface area contributed by atoms with Crippen molar-refractivity contribution in [3.63, 3.8) is 0 Å². The molecule has 5 nitrogen and oxygen atoms in total. The summed E-state index contributed by atoms with van der Waals surface area (Å²) in [6.45, 7) is 0.969. The number of carbonyl (C=O) groups excluding carboxylic acids is 1. The van der Waals surface area contributed by atoms with E-state index >= 15 is 0 Å². The Labute approximate surface area is 124 Å². The lowest BCUT2D eigenvalue weighted by Crippen LogP contribution is -2.26. The van der Waals surface area contributed by atoms with E-state index in [-0.39, 0.29) is 5.91 Å². The fourth-order valence-electron chi connectivity index (χ4n) is 1.92. The number of benzene rings is 1. The Morgan fingerprint density at radius 3 is 2.81 bits per heavy atom. The molecule has 0 spiro atoms. The van der Waals surface area contributed by atoms with Crippen LogP contribution in [-0.2, 0) is 13.0 Å². The summed E-state index contributed by atoms with van der Waals surface area (Å²) >= 11 is 0. The van der Waals surface area contributed by atoms with Crippen LogP contribution in [0.3, 0.4) is 0 Å². The first-order valence-electron chi connectivity index (χ1n) is 6.79. The highest BCUT2D eigenvalue weighted by atomic mass is 16.5. The predicted octanol–water partition coefficient (Wildman–Crippen LogP) is 1.52. The van der Waals surface area contributed by atoms with E-state index < -0.39 is 0 Å². The van der Waals surface area contributed by atoms with Gasteiger partial charge in [-0.25, -0.2) is 0 Å². The lowest BCUT2D eigenvalue weighted by molar-refractivity contribution is 0.0949. The van der Waals surface area contributed by atoms with E-state index in [0.717, 1.165) is 23.3 Å². The number of pyridine rings is 1. The van der Waals surface area contributed by atoms with Crippen molar-refractivity contribution in [1.29, 1.82) is 0 Å². The van der Waals surface area contributed by atoms with E-state index in [0.29, 0.717) is 18.8 Å². The Morgan fingerprint density at radius 1 is 1.29 bits per heavy atom. The van der Waals surface area contributed by atoms with Crippen molar-refractivity contribution < 1.29 is 9.53 Å². The van der Waals surface area contributed by atoms with E-state index in [1.165, 1.54) is 0 Å². The smallest absolute Gasteiger partial charge is 0.269 e. The molecule has 1 aromatic heterocycles. The Morgan fingerprint density at radius 2 is 2.14 bits per heavy atom. The van der Waals surface area contributed by atoms with Crippen LogP contribution >= 0.6 is 0 Å². The molecule has 1 aromatic carbocycles. The van der Waals surface area contributed by atoms with Crippen LogP contribution in [0, 0.1) is 0 Å². The van der Waals surface area contributed by atoms with Gasteiger partial charge in [-0.1, -0.05) is 18.2 Å². The summed E-state index contributed by atoms with van der Waals surface area (Å²) in [4.78, 5) is 16.0. The molecule has 3 N–H and O–H groups in total. The molecule has 21 heavy (non-hydrogen) atoms. The van der Waals surface area contributed by atoms with Crippen LogP contribution in [0.5, 0.6) is 5.75 Å². The van der Waals surface area contributed by atoms with Gasteiger partial charge in [-0.3, -0.25) is 9.78 Å². The number of methoxy groups -OCH3 is 1. The predicted molar refractivity (Wildman–Crippen MR) is 81.2 cm³/mol. The van der Waals surface area contributed by atoms with Gasteiger partial charge in [0.1, 0.15) is 11.4 Å². The molecule has 0 aliphatic rings. The van der Waals surface area contributed by atoms with E-state index in [9.17, 15) is 4.79 Å². The van der Waals surface area contributed by atoms with E-state index in [4.69, 9.17) is 10.5 Å². The Balaban J connectivity index is 1.85. The molecule has 0 atom stereocenters. The molecule has 0 unspecified atom stereocenters. The summed E-state index contributed by atoms with van der Waals surface area (Å²) in [6, 6.07) is 11.3. The molecule has 2 aromatic rings. The van der Waals surface area contributed by atoms with Crippen LogP contribution in [0.15, 0.2) is 42.6 Å². The summed E-state index contributed by atoms with van der Waals surface area (Å²) in [5.74, 6) is 0.638. The minimum atomic E-state index is -0.179. The fraction of sp³-hybridized carbons (Fsp3) is 0.250. The first-order chi connectivity index (χ1) is 10.2. The topological polar surface area (TPSA) is 77.2 Å². The second-order valence-electron chi connectivity index (χ2n) is 4.61. The van der Waals surface area contributed by atoms with Gasteiger partial charge in [-0.2, -0.15) is 0 Å². The van der Waals surface area contributed by atoms with Crippen LogP contribution in [0.4, 0.5) is 0 Å². The number of nitrogens with zero attached hydrogens (tertiary/aromatic N) is 1. The molecule has 110 valence electrons. The monoisotopic (exact) mass is 285 g/mol. The summed E-state index contributed by atoms with van der Waals surface area (Å²) in [5, 5.41) is 2.85. The molecule has 2 rings (SSSR count). The standard InChI is InChI=1S/C16H19N3O2/c1-21-14-4-2-3-12(9-14)7-8-18-16(20)15-6-5-13(10-17)11-19-15/h2-6,9,11H,7-8,10,17H2,1H3,(H,18,20). The number of hydrogen-bond acceptors (Lipinski definition) is 4. The number of rotatable bonds is 6. The second kappa shape index (κ2) is 7.40. The maximum absolute atomic E-state index is 11.9. The van der Waals surface area contributed by atoms with Crippen molar-refractivity contribution in [1.82, 2.24) is 10.3 Å². The maximum Gasteiger partial charge on any atom is 0.269 e. The molecular formula is C16H19N3O2. The average Bonchev–Trinajstić information content (AvgIpc) is 2.55. The van der Waals surface area contributed by atoms with Crippen LogP contribution in [-0.4, -0.2) is 24.5 Å². The summed E-state index contributed by atoms with van der Waals surface area (Å²) in [7, 11) is 1.64. The Kier molecular flexibility index (Phi) is 5.29. The van der Waals surface area contributed by atoms with Crippen molar-refractivity contribution in [2.24, 2.45) is 5.73 Å². The zero-order valence-corrected chi connectivity index (χ0v) is 12.0. The normalized spacial score (nSPS) is 10.2. The molecular weight excluding hydrogens is 266 g/mol. The molecule has 0 aliphatic heterocycles. The second-order valence-corrected chi connectivity index (χ2v) is 4.61. The molecule has 5 heteroatoms.